The number of aliphatic imine (C=N–C) groups is 1. The van der Waals surface area contributed by atoms with Crippen molar-refractivity contribution in [3.05, 3.63) is 65.7 Å². The Morgan fingerprint density at radius 3 is 2.38 bits per heavy atom. The fraction of sp³-hybridized carbons (Fsp3) is 0.350. The van der Waals surface area contributed by atoms with E-state index in [9.17, 15) is 0 Å². The molecular formula is C20H27N3O. The molecule has 0 aromatic heterocycles. The van der Waals surface area contributed by atoms with Gasteiger partial charge in [-0.25, -0.2) is 10.4 Å². The zero-order chi connectivity index (χ0) is 17.4. The van der Waals surface area contributed by atoms with E-state index in [-0.39, 0.29) is 12.3 Å². The fourth-order valence-corrected chi connectivity index (χ4v) is 2.46. The molecule has 0 spiro atoms. The molecule has 24 heavy (non-hydrogen) atoms. The molecule has 2 aromatic carbocycles. The van der Waals surface area contributed by atoms with Crippen LogP contribution < -0.4 is 15.6 Å². The van der Waals surface area contributed by atoms with Gasteiger partial charge >= 0.3 is 0 Å². The molecule has 0 fully saturated rings. The molecular weight excluding hydrogens is 298 g/mol. The van der Waals surface area contributed by atoms with Gasteiger partial charge in [0.25, 0.3) is 0 Å². The van der Waals surface area contributed by atoms with Crippen molar-refractivity contribution < 1.29 is 4.74 Å². The average Bonchev–Trinajstić information content (AvgIpc) is 3.06. The van der Waals surface area contributed by atoms with Gasteiger partial charge in [-0.15, -0.1) is 0 Å². The van der Waals surface area contributed by atoms with E-state index in [2.05, 4.69) is 23.0 Å². The van der Waals surface area contributed by atoms with E-state index in [0.29, 0.717) is 0 Å². The van der Waals surface area contributed by atoms with Crippen LogP contribution in [0.1, 0.15) is 38.8 Å². The summed E-state index contributed by atoms with van der Waals surface area (Å²) in [7, 11) is 0. The largest absolute Gasteiger partial charge is 0.490 e. The van der Waals surface area contributed by atoms with E-state index in [1.54, 1.807) is 0 Å². The lowest BCUT2D eigenvalue weighted by atomic mass is 10.1. The summed E-state index contributed by atoms with van der Waals surface area (Å²) >= 11 is 0. The van der Waals surface area contributed by atoms with Gasteiger partial charge in [0.1, 0.15) is 17.8 Å². The van der Waals surface area contributed by atoms with E-state index >= 15 is 0 Å². The summed E-state index contributed by atoms with van der Waals surface area (Å²) in [6.45, 7) is 8.05. The highest BCUT2D eigenvalue weighted by atomic mass is 16.5. The number of hydrazine groups is 1. The van der Waals surface area contributed by atoms with Crippen LogP contribution in [-0.4, -0.2) is 18.1 Å². The number of amidine groups is 1. The van der Waals surface area contributed by atoms with Gasteiger partial charge in [-0.05, 0) is 31.5 Å². The lowest BCUT2D eigenvalue weighted by Crippen LogP contribution is -2.36. The maximum atomic E-state index is 5.86. The Balaban J connectivity index is 0.00000100. The molecule has 0 bridgehead atoms. The van der Waals surface area contributed by atoms with E-state index in [4.69, 9.17) is 9.73 Å². The minimum Gasteiger partial charge on any atom is -0.490 e. The SMILES string of the molecule is CC.CC(C)Oc1ccccc1C1=NC(Cc2ccccc2)NN1. The van der Waals surface area contributed by atoms with Gasteiger partial charge in [-0.2, -0.15) is 0 Å². The van der Waals surface area contributed by atoms with Crippen molar-refractivity contribution in [2.45, 2.75) is 46.4 Å². The molecule has 0 amide bonds. The highest BCUT2D eigenvalue weighted by Crippen LogP contribution is 2.21. The summed E-state index contributed by atoms with van der Waals surface area (Å²) in [5.41, 5.74) is 8.65. The smallest absolute Gasteiger partial charge is 0.148 e. The number of nitrogens with zero attached hydrogens (tertiary/aromatic N) is 1. The molecule has 128 valence electrons. The van der Waals surface area contributed by atoms with Crippen LogP contribution in [0.4, 0.5) is 0 Å². The number of rotatable bonds is 5. The van der Waals surface area contributed by atoms with E-state index in [0.717, 1.165) is 23.6 Å². The minimum absolute atomic E-state index is 0.0320. The summed E-state index contributed by atoms with van der Waals surface area (Å²) in [6.07, 6.45) is 1.02. The van der Waals surface area contributed by atoms with Gasteiger partial charge in [-0.1, -0.05) is 56.3 Å². The Morgan fingerprint density at radius 2 is 1.67 bits per heavy atom. The number of para-hydroxylation sites is 1. The van der Waals surface area contributed by atoms with Gasteiger partial charge < -0.3 is 10.2 Å². The Labute approximate surface area is 144 Å². The first-order valence-corrected chi connectivity index (χ1v) is 8.61. The lowest BCUT2D eigenvalue weighted by molar-refractivity contribution is 0.242. The van der Waals surface area contributed by atoms with Crippen molar-refractivity contribution in [2.75, 3.05) is 0 Å². The maximum absolute atomic E-state index is 5.86. The summed E-state index contributed by atoms with van der Waals surface area (Å²) in [6, 6.07) is 18.3. The van der Waals surface area contributed by atoms with E-state index in [1.165, 1.54) is 5.56 Å². The predicted molar refractivity (Wildman–Crippen MR) is 100 cm³/mol. The van der Waals surface area contributed by atoms with Crippen molar-refractivity contribution in [1.82, 2.24) is 10.9 Å². The fourth-order valence-electron chi connectivity index (χ4n) is 2.46. The lowest BCUT2D eigenvalue weighted by Gasteiger charge is -2.13. The van der Waals surface area contributed by atoms with Crippen LogP contribution in [0.2, 0.25) is 0 Å². The molecule has 2 N–H and O–H groups in total. The summed E-state index contributed by atoms with van der Waals surface area (Å²) in [4.78, 5) is 4.74. The van der Waals surface area contributed by atoms with E-state index in [1.807, 2.05) is 70.2 Å². The first-order valence-electron chi connectivity index (χ1n) is 8.61. The second-order valence-corrected chi connectivity index (χ2v) is 5.62. The van der Waals surface area contributed by atoms with E-state index < -0.39 is 0 Å². The third-order valence-electron chi connectivity index (χ3n) is 3.42. The molecule has 2 aromatic rings. The Bertz CT molecular complexity index is 653. The molecule has 3 rings (SSSR count). The molecule has 1 unspecified atom stereocenters. The number of hydrogen-bond acceptors (Lipinski definition) is 4. The van der Waals surface area contributed by atoms with Crippen LogP contribution in [0.5, 0.6) is 5.75 Å². The Kier molecular flexibility index (Phi) is 6.82. The molecule has 0 saturated heterocycles. The minimum atomic E-state index is 0.0320. The summed E-state index contributed by atoms with van der Waals surface area (Å²) in [5.74, 6) is 1.68. The predicted octanol–water partition coefficient (Wildman–Crippen LogP) is 3.92. The maximum Gasteiger partial charge on any atom is 0.148 e. The van der Waals surface area contributed by atoms with Crippen molar-refractivity contribution in [3.8, 4) is 5.75 Å². The third kappa shape index (κ3) is 4.83. The van der Waals surface area contributed by atoms with Crippen LogP contribution in [0.25, 0.3) is 0 Å². The zero-order valence-corrected chi connectivity index (χ0v) is 14.9. The first-order chi connectivity index (χ1) is 11.7. The van der Waals surface area contributed by atoms with Crippen molar-refractivity contribution in [1.29, 1.82) is 0 Å². The highest BCUT2D eigenvalue weighted by Gasteiger charge is 2.20. The van der Waals surface area contributed by atoms with Crippen LogP contribution in [0, 0.1) is 0 Å². The van der Waals surface area contributed by atoms with Crippen molar-refractivity contribution in [3.63, 3.8) is 0 Å². The molecule has 1 atom stereocenters. The van der Waals surface area contributed by atoms with Gasteiger partial charge in [0.05, 0.1) is 11.7 Å². The van der Waals surface area contributed by atoms with Crippen LogP contribution >= 0.6 is 0 Å². The number of ether oxygens (including phenoxy) is 1. The van der Waals surface area contributed by atoms with Gasteiger partial charge in [0.2, 0.25) is 0 Å². The second kappa shape index (κ2) is 9.08. The average molecular weight is 325 g/mol. The summed E-state index contributed by atoms with van der Waals surface area (Å²) in [5, 5.41) is 0. The topological polar surface area (TPSA) is 45.6 Å². The Morgan fingerprint density at radius 1 is 1.00 bits per heavy atom. The van der Waals surface area contributed by atoms with Gasteiger partial charge in [0, 0.05) is 6.42 Å². The molecule has 0 aliphatic carbocycles. The highest BCUT2D eigenvalue weighted by molar-refractivity contribution is 6.01. The molecule has 4 heteroatoms. The normalized spacial score (nSPS) is 16.0. The molecule has 0 radical (unpaired) electrons. The zero-order valence-electron chi connectivity index (χ0n) is 14.9. The first kappa shape index (κ1) is 18.0. The molecule has 0 saturated carbocycles. The number of hydrogen-bond donors (Lipinski definition) is 2. The quantitative estimate of drug-likeness (QED) is 0.876. The molecule has 4 nitrogen and oxygen atoms in total. The molecule has 1 heterocycles. The standard InChI is InChI=1S/C18H21N3O.C2H6/c1-13(2)22-16-11-7-6-10-15(16)18-19-17(20-21-18)12-14-8-4-3-5-9-14;1-2/h3-11,13,17,20H,12H2,1-2H3,(H,19,21);1-2H3. The summed E-state index contributed by atoms with van der Waals surface area (Å²) < 4.78 is 5.86. The van der Waals surface area contributed by atoms with Crippen LogP contribution in [0.3, 0.4) is 0 Å². The monoisotopic (exact) mass is 325 g/mol. The van der Waals surface area contributed by atoms with Crippen molar-refractivity contribution >= 4 is 5.84 Å². The van der Waals surface area contributed by atoms with Gasteiger partial charge in [0.15, 0.2) is 0 Å². The third-order valence-corrected chi connectivity index (χ3v) is 3.42. The number of benzene rings is 2. The van der Waals surface area contributed by atoms with Crippen LogP contribution in [-0.2, 0) is 6.42 Å². The second-order valence-electron chi connectivity index (χ2n) is 5.62. The van der Waals surface area contributed by atoms with Crippen LogP contribution in [0.15, 0.2) is 59.6 Å². The van der Waals surface area contributed by atoms with Gasteiger partial charge in [-0.3, -0.25) is 0 Å². The number of nitrogens with one attached hydrogen (secondary N) is 2. The molecule has 1 aliphatic heterocycles. The van der Waals surface area contributed by atoms with Crippen molar-refractivity contribution in [2.24, 2.45) is 4.99 Å². The molecule has 1 aliphatic rings. The Hall–Kier alpha value is -2.33.